The second-order valence-electron chi connectivity index (χ2n) is 6.12. The summed E-state index contributed by atoms with van der Waals surface area (Å²) in [5.74, 6) is 0.542. The third-order valence-corrected chi connectivity index (χ3v) is 4.66. The molecule has 3 rings (SSSR count). The van der Waals surface area contributed by atoms with Crippen LogP contribution in [0, 0.1) is 6.92 Å². The number of hydrogen-bond donors (Lipinski definition) is 1. The maximum atomic E-state index is 3.69. The van der Waals surface area contributed by atoms with Gasteiger partial charge in [-0.05, 0) is 49.4 Å². The Morgan fingerprint density at radius 3 is 2.57 bits per heavy atom. The molecule has 0 aromatic heterocycles. The summed E-state index contributed by atoms with van der Waals surface area (Å²) in [6, 6.07) is 18.4. The molecule has 1 saturated carbocycles. The highest BCUT2D eigenvalue weighted by Crippen LogP contribution is 2.25. The van der Waals surface area contributed by atoms with Gasteiger partial charge in [0.1, 0.15) is 0 Å². The van der Waals surface area contributed by atoms with E-state index >= 15 is 0 Å². The van der Waals surface area contributed by atoms with Gasteiger partial charge in [0.2, 0.25) is 0 Å². The second-order valence-corrected chi connectivity index (χ2v) is 7.04. The topological polar surface area (TPSA) is 12.0 Å². The molecular formula is C19H22BrN. The molecule has 0 heterocycles. The molecule has 0 radical (unpaired) electrons. The molecule has 1 unspecified atom stereocenters. The molecule has 1 nitrogen and oxygen atoms in total. The smallest absolute Gasteiger partial charge is 0.0175 e. The minimum Gasteiger partial charge on any atom is -0.313 e. The van der Waals surface area contributed by atoms with E-state index in [-0.39, 0.29) is 0 Å². The van der Waals surface area contributed by atoms with Crippen molar-refractivity contribution in [3.8, 4) is 0 Å². The van der Waals surface area contributed by atoms with E-state index in [1.807, 2.05) is 0 Å². The fraction of sp³-hybridized carbons (Fsp3) is 0.368. The van der Waals surface area contributed by atoms with Crippen LogP contribution in [-0.4, -0.2) is 12.6 Å². The summed E-state index contributed by atoms with van der Waals surface area (Å²) < 4.78 is 1.15. The zero-order valence-corrected chi connectivity index (χ0v) is 14.1. The second kappa shape index (κ2) is 6.76. The fourth-order valence-corrected chi connectivity index (χ4v) is 3.03. The van der Waals surface area contributed by atoms with Crippen molar-refractivity contribution in [1.29, 1.82) is 0 Å². The summed E-state index contributed by atoms with van der Waals surface area (Å²) in [7, 11) is 0. The van der Waals surface area contributed by atoms with Crippen molar-refractivity contribution >= 4 is 15.9 Å². The number of benzene rings is 2. The average Bonchev–Trinajstić information content (AvgIpc) is 3.29. The van der Waals surface area contributed by atoms with Gasteiger partial charge in [0, 0.05) is 23.0 Å². The molecule has 1 fully saturated rings. The quantitative estimate of drug-likeness (QED) is 0.791. The van der Waals surface area contributed by atoms with Crippen LogP contribution in [0.2, 0.25) is 0 Å². The van der Waals surface area contributed by atoms with Crippen molar-refractivity contribution in [2.75, 3.05) is 6.54 Å². The first kappa shape index (κ1) is 14.8. The molecule has 1 atom stereocenters. The third-order valence-electron chi connectivity index (χ3n) is 4.14. The van der Waals surface area contributed by atoms with E-state index in [1.54, 1.807) is 0 Å². The van der Waals surface area contributed by atoms with E-state index in [0.29, 0.717) is 5.92 Å². The molecule has 110 valence electrons. The Kier molecular flexibility index (Phi) is 4.77. The van der Waals surface area contributed by atoms with Gasteiger partial charge in [-0.3, -0.25) is 0 Å². The van der Waals surface area contributed by atoms with Crippen molar-refractivity contribution in [3.63, 3.8) is 0 Å². The summed E-state index contributed by atoms with van der Waals surface area (Å²) in [4.78, 5) is 0. The van der Waals surface area contributed by atoms with E-state index < -0.39 is 0 Å². The van der Waals surface area contributed by atoms with Crippen LogP contribution in [0.5, 0.6) is 0 Å². The third kappa shape index (κ3) is 4.42. The van der Waals surface area contributed by atoms with Crippen LogP contribution in [-0.2, 0) is 6.42 Å². The molecular weight excluding hydrogens is 322 g/mol. The van der Waals surface area contributed by atoms with Gasteiger partial charge in [-0.25, -0.2) is 0 Å². The van der Waals surface area contributed by atoms with E-state index in [1.165, 1.54) is 29.5 Å². The minimum absolute atomic E-state index is 0.542. The van der Waals surface area contributed by atoms with Crippen molar-refractivity contribution < 1.29 is 0 Å². The van der Waals surface area contributed by atoms with E-state index in [0.717, 1.165) is 23.5 Å². The Bertz CT molecular complexity index is 587. The lowest BCUT2D eigenvalue weighted by Crippen LogP contribution is -2.24. The van der Waals surface area contributed by atoms with Gasteiger partial charge in [-0.15, -0.1) is 0 Å². The predicted molar refractivity (Wildman–Crippen MR) is 92.8 cm³/mol. The van der Waals surface area contributed by atoms with Crippen LogP contribution in [0.15, 0.2) is 53.0 Å². The first-order chi connectivity index (χ1) is 10.2. The molecule has 1 N–H and O–H groups in total. The van der Waals surface area contributed by atoms with Crippen LogP contribution >= 0.6 is 15.9 Å². The Labute approximate surface area is 135 Å². The lowest BCUT2D eigenvalue weighted by atomic mass is 9.91. The van der Waals surface area contributed by atoms with E-state index in [9.17, 15) is 0 Å². The summed E-state index contributed by atoms with van der Waals surface area (Å²) in [5, 5.41) is 3.69. The van der Waals surface area contributed by atoms with Gasteiger partial charge in [0.05, 0.1) is 0 Å². The molecule has 0 aliphatic heterocycles. The average molecular weight is 344 g/mol. The number of halogens is 1. The first-order valence-corrected chi connectivity index (χ1v) is 8.54. The summed E-state index contributed by atoms with van der Waals surface area (Å²) in [6.45, 7) is 3.24. The summed E-state index contributed by atoms with van der Waals surface area (Å²) >= 11 is 3.53. The molecule has 0 amide bonds. The molecule has 2 aromatic rings. The largest absolute Gasteiger partial charge is 0.313 e. The lowest BCUT2D eigenvalue weighted by molar-refractivity contribution is 0.577. The number of hydrogen-bond acceptors (Lipinski definition) is 1. The van der Waals surface area contributed by atoms with E-state index in [4.69, 9.17) is 0 Å². The Morgan fingerprint density at radius 1 is 1.14 bits per heavy atom. The highest BCUT2D eigenvalue weighted by Gasteiger charge is 2.22. The van der Waals surface area contributed by atoms with Crippen molar-refractivity contribution in [1.82, 2.24) is 5.32 Å². The van der Waals surface area contributed by atoms with Gasteiger partial charge < -0.3 is 5.32 Å². The highest BCUT2D eigenvalue weighted by atomic mass is 79.9. The summed E-state index contributed by atoms with van der Waals surface area (Å²) in [6.07, 6.45) is 3.79. The van der Waals surface area contributed by atoms with Crippen molar-refractivity contribution in [3.05, 3.63) is 69.7 Å². The molecule has 1 aliphatic rings. The molecule has 0 bridgehead atoms. The number of rotatable bonds is 6. The SMILES string of the molecule is Cc1cccc(CC(CNC2CC2)c2ccc(Br)cc2)c1. The first-order valence-electron chi connectivity index (χ1n) is 7.75. The standard InChI is InChI=1S/C19H22BrN/c1-14-3-2-4-15(11-14)12-17(13-21-19-9-10-19)16-5-7-18(20)8-6-16/h2-8,11,17,19,21H,9-10,12-13H2,1H3. The van der Waals surface area contributed by atoms with Crippen molar-refractivity contribution in [2.45, 2.75) is 38.1 Å². The molecule has 0 spiro atoms. The summed E-state index contributed by atoms with van der Waals surface area (Å²) in [5.41, 5.74) is 4.20. The predicted octanol–water partition coefficient (Wildman–Crippen LogP) is 4.84. The van der Waals surface area contributed by atoms with E-state index in [2.05, 4.69) is 76.7 Å². The van der Waals surface area contributed by atoms with Crippen LogP contribution in [0.4, 0.5) is 0 Å². The van der Waals surface area contributed by atoms with Crippen LogP contribution in [0.3, 0.4) is 0 Å². The van der Waals surface area contributed by atoms with Gasteiger partial charge in [-0.1, -0.05) is 57.9 Å². The monoisotopic (exact) mass is 343 g/mol. The molecule has 21 heavy (non-hydrogen) atoms. The lowest BCUT2D eigenvalue weighted by Gasteiger charge is -2.19. The Morgan fingerprint density at radius 2 is 1.90 bits per heavy atom. The van der Waals surface area contributed by atoms with Crippen LogP contribution < -0.4 is 5.32 Å². The van der Waals surface area contributed by atoms with Gasteiger partial charge in [-0.2, -0.15) is 0 Å². The number of nitrogens with one attached hydrogen (secondary N) is 1. The van der Waals surface area contributed by atoms with Gasteiger partial charge in [0.25, 0.3) is 0 Å². The van der Waals surface area contributed by atoms with Gasteiger partial charge >= 0.3 is 0 Å². The maximum absolute atomic E-state index is 3.69. The molecule has 2 aromatic carbocycles. The normalized spacial score (nSPS) is 15.9. The molecule has 0 saturated heterocycles. The zero-order valence-electron chi connectivity index (χ0n) is 12.5. The Hall–Kier alpha value is -1.12. The Balaban J connectivity index is 1.75. The highest BCUT2D eigenvalue weighted by molar-refractivity contribution is 9.10. The number of aryl methyl sites for hydroxylation is 1. The van der Waals surface area contributed by atoms with Gasteiger partial charge in [0.15, 0.2) is 0 Å². The van der Waals surface area contributed by atoms with Crippen molar-refractivity contribution in [2.24, 2.45) is 0 Å². The maximum Gasteiger partial charge on any atom is 0.0175 e. The minimum atomic E-state index is 0.542. The zero-order chi connectivity index (χ0) is 14.7. The molecule has 2 heteroatoms. The van der Waals surface area contributed by atoms with Crippen LogP contribution in [0.1, 0.15) is 35.4 Å². The molecule has 1 aliphatic carbocycles. The van der Waals surface area contributed by atoms with Crippen LogP contribution in [0.25, 0.3) is 0 Å². The fourth-order valence-electron chi connectivity index (χ4n) is 2.76.